The van der Waals surface area contributed by atoms with Crippen molar-refractivity contribution in [2.45, 2.75) is 26.8 Å². The second-order valence-corrected chi connectivity index (χ2v) is 6.64. The molecule has 0 aliphatic carbocycles. The van der Waals surface area contributed by atoms with Gasteiger partial charge in [-0.25, -0.2) is 13.8 Å². The lowest BCUT2D eigenvalue weighted by Crippen LogP contribution is -2.30. The first-order valence-corrected chi connectivity index (χ1v) is 8.74. The van der Waals surface area contributed by atoms with Crippen molar-refractivity contribution in [2.75, 3.05) is 4.90 Å². The number of carbonyl (C=O) groups excluding carboxylic acids is 2. The van der Waals surface area contributed by atoms with Gasteiger partial charge in [-0.05, 0) is 32.1 Å². The van der Waals surface area contributed by atoms with Crippen molar-refractivity contribution in [1.29, 1.82) is 5.26 Å². The third kappa shape index (κ3) is 4.95. The van der Waals surface area contributed by atoms with Gasteiger partial charge in [0, 0.05) is 24.4 Å². The second-order valence-electron chi connectivity index (χ2n) is 5.80. The number of nitrogens with one attached hydrogen (secondary N) is 1. The SMILES string of the molecule is CC(=O)N(c1nc(/C=C(\C#N)C(=O)NC(C)C)cs1)c1ccc(F)cc1F. The largest absolute Gasteiger partial charge is 0.349 e. The topological polar surface area (TPSA) is 86.1 Å². The van der Waals surface area contributed by atoms with Gasteiger partial charge in [-0.2, -0.15) is 5.26 Å². The molecule has 9 heteroatoms. The van der Waals surface area contributed by atoms with Crippen LogP contribution in [0.15, 0.2) is 29.2 Å². The number of halogens is 2. The van der Waals surface area contributed by atoms with Crippen LogP contribution in [0, 0.1) is 23.0 Å². The van der Waals surface area contributed by atoms with E-state index in [1.165, 1.54) is 18.4 Å². The average Bonchev–Trinajstić information content (AvgIpc) is 3.02. The lowest BCUT2D eigenvalue weighted by Gasteiger charge is -2.18. The molecule has 2 amide bonds. The number of hydrogen-bond acceptors (Lipinski definition) is 5. The minimum absolute atomic E-state index is 0.126. The third-order valence-corrected chi connectivity index (χ3v) is 4.09. The van der Waals surface area contributed by atoms with Crippen molar-refractivity contribution in [1.82, 2.24) is 10.3 Å². The van der Waals surface area contributed by atoms with Crippen LogP contribution in [0.4, 0.5) is 19.6 Å². The van der Waals surface area contributed by atoms with E-state index in [4.69, 9.17) is 5.26 Å². The number of hydrogen-bond donors (Lipinski definition) is 1. The van der Waals surface area contributed by atoms with E-state index < -0.39 is 23.4 Å². The normalized spacial score (nSPS) is 11.2. The Kier molecular flexibility index (Phi) is 6.36. The van der Waals surface area contributed by atoms with E-state index in [-0.39, 0.29) is 28.1 Å². The number of anilines is 2. The highest BCUT2D eigenvalue weighted by Gasteiger charge is 2.21. The summed E-state index contributed by atoms with van der Waals surface area (Å²) in [7, 11) is 0. The molecule has 0 radical (unpaired) electrons. The third-order valence-electron chi connectivity index (χ3n) is 3.24. The molecule has 0 aliphatic rings. The molecular formula is C18H16F2N4O2S. The van der Waals surface area contributed by atoms with Crippen LogP contribution in [0.2, 0.25) is 0 Å². The van der Waals surface area contributed by atoms with E-state index in [1.54, 1.807) is 19.9 Å². The Hall–Kier alpha value is -3.12. The zero-order valence-corrected chi connectivity index (χ0v) is 15.6. The number of amides is 2. The number of rotatable bonds is 5. The minimum atomic E-state index is -0.911. The lowest BCUT2D eigenvalue weighted by molar-refractivity contribution is -0.117. The molecule has 0 spiro atoms. The molecule has 1 heterocycles. The summed E-state index contributed by atoms with van der Waals surface area (Å²) >= 11 is 1.02. The number of nitrogens with zero attached hydrogens (tertiary/aromatic N) is 3. The standard InChI is InChI=1S/C18H16F2N4O2S/c1-10(2)22-17(26)12(8-21)6-14-9-27-18(23-14)24(11(3)25)16-5-4-13(19)7-15(16)20/h4-7,9-10H,1-3H3,(H,22,26)/b12-6+. The van der Waals surface area contributed by atoms with Gasteiger partial charge in [-0.15, -0.1) is 11.3 Å². The molecule has 0 fully saturated rings. The zero-order chi connectivity index (χ0) is 20.1. The monoisotopic (exact) mass is 390 g/mol. The molecule has 2 aromatic rings. The van der Waals surface area contributed by atoms with Gasteiger partial charge in [0.05, 0.1) is 11.4 Å². The summed E-state index contributed by atoms with van der Waals surface area (Å²) in [6.07, 6.45) is 1.27. The fraction of sp³-hybridized carbons (Fsp3) is 0.222. The van der Waals surface area contributed by atoms with Gasteiger partial charge < -0.3 is 5.32 Å². The Bertz CT molecular complexity index is 947. The average molecular weight is 390 g/mol. The molecule has 2 rings (SSSR count). The predicted octanol–water partition coefficient (Wildman–Crippen LogP) is 3.54. The molecule has 1 N–H and O–H groups in total. The van der Waals surface area contributed by atoms with E-state index >= 15 is 0 Å². The first-order valence-electron chi connectivity index (χ1n) is 7.87. The van der Waals surface area contributed by atoms with Gasteiger partial charge in [0.2, 0.25) is 5.91 Å². The molecule has 0 unspecified atom stereocenters. The van der Waals surface area contributed by atoms with Crippen molar-refractivity contribution in [3.63, 3.8) is 0 Å². The predicted molar refractivity (Wildman–Crippen MR) is 98.2 cm³/mol. The Morgan fingerprint density at radius 2 is 2.07 bits per heavy atom. The summed E-state index contributed by atoms with van der Waals surface area (Å²) in [4.78, 5) is 29.1. The number of aromatic nitrogens is 1. The minimum Gasteiger partial charge on any atom is -0.349 e. The fourth-order valence-electron chi connectivity index (χ4n) is 2.15. The van der Waals surface area contributed by atoms with Crippen molar-refractivity contribution in [2.24, 2.45) is 0 Å². The molecule has 0 saturated heterocycles. The molecule has 0 atom stereocenters. The summed E-state index contributed by atoms with van der Waals surface area (Å²) in [5.74, 6) is -2.75. The summed E-state index contributed by atoms with van der Waals surface area (Å²) in [6.45, 7) is 4.74. The van der Waals surface area contributed by atoms with Crippen molar-refractivity contribution < 1.29 is 18.4 Å². The second kappa shape index (κ2) is 8.51. The van der Waals surface area contributed by atoms with Gasteiger partial charge in [0.1, 0.15) is 23.3 Å². The van der Waals surface area contributed by atoms with Gasteiger partial charge >= 0.3 is 0 Å². The Morgan fingerprint density at radius 3 is 2.63 bits per heavy atom. The fourth-order valence-corrected chi connectivity index (χ4v) is 2.99. The first-order chi connectivity index (χ1) is 12.7. The molecule has 0 bridgehead atoms. The summed E-state index contributed by atoms with van der Waals surface area (Å²) in [5, 5.41) is 13.4. The molecule has 1 aromatic carbocycles. The van der Waals surface area contributed by atoms with Gasteiger partial charge in [-0.1, -0.05) is 0 Å². The van der Waals surface area contributed by atoms with Crippen LogP contribution < -0.4 is 10.2 Å². The number of benzene rings is 1. The van der Waals surface area contributed by atoms with Gasteiger partial charge in [0.25, 0.3) is 5.91 Å². The number of thiazole rings is 1. The van der Waals surface area contributed by atoms with Gasteiger partial charge in [0.15, 0.2) is 5.13 Å². The van der Waals surface area contributed by atoms with Crippen LogP contribution in [0.5, 0.6) is 0 Å². The molecule has 0 aliphatic heterocycles. The van der Waals surface area contributed by atoms with Crippen LogP contribution in [0.25, 0.3) is 6.08 Å². The van der Waals surface area contributed by atoms with E-state index in [1.807, 2.05) is 0 Å². The van der Waals surface area contributed by atoms with Crippen LogP contribution in [-0.4, -0.2) is 22.8 Å². The van der Waals surface area contributed by atoms with Gasteiger partial charge in [-0.3, -0.25) is 14.5 Å². The van der Waals surface area contributed by atoms with Crippen LogP contribution in [-0.2, 0) is 9.59 Å². The zero-order valence-electron chi connectivity index (χ0n) is 14.8. The van der Waals surface area contributed by atoms with Crippen molar-refractivity contribution >= 4 is 40.0 Å². The highest BCUT2D eigenvalue weighted by Crippen LogP contribution is 2.31. The quantitative estimate of drug-likeness (QED) is 0.625. The van der Waals surface area contributed by atoms with E-state index in [9.17, 15) is 18.4 Å². The molecular weight excluding hydrogens is 374 g/mol. The molecule has 140 valence electrons. The maximum atomic E-state index is 14.1. The van der Waals surface area contributed by atoms with E-state index in [2.05, 4.69) is 10.3 Å². The molecule has 1 aromatic heterocycles. The van der Waals surface area contributed by atoms with Crippen LogP contribution in [0.3, 0.4) is 0 Å². The van der Waals surface area contributed by atoms with E-state index in [0.717, 1.165) is 28.4 Å². The molecule has 6 nitrogen and oxygen atoms in total. The maximum absolute atomic E-state index is 14.1. The Labute approximate surface area is 158 Å². The van der Waals surface area contributed by atoms with Crippen molar-refractivity contribution in [3.8, 4) is 6.07 Å². The number of carbonyl (C=O) groups is 2. The lowest BCUT2D eigenvalue weighted by atomic mass is 10.2. The summed E-state index contributed by atoms with van der Waals surface area (Å²) < 4.78 is 27.2. The maximum Gasteiger partial charge on any atom is 0.262 e. The Morgan fingerprint density at radius 1 is 1.37 bits per heavy atom. The van der Waals surface area contributed by atoms with Crippen LogP contribution in [0.1, 0.15) is 26.5 Å². The summed E-state index contributed by atoms with van der Waals surface area (Å²) in [5.41, 5.74) is -0.0334. The molecule has 0 saturated carbocycles. The summed E-state index contributed by atoms with van der Waals surface area (Å²) in [6, 6.07) is 4.50. The first kappa shape index (κ1) is 20.2. The highest BCUT2D eigenvalue weighted by molar-refractivity contribution is 7.14. The molecule has 27 heavy (non-hydrogen) atoms. The highest BCUT2D eigenvalue weighted by atomic mass is 32.1. The Balaban J connectivity index is 2.39. The smallest absolute Gasteiger partial charge is 0.262 e. The number of nitriles is 1. The van der Waals surface area contributed by atoms with E-state index in [0.29, 0.717) is 6.07 Å². The van der Waals surface area contributed by atoms with Crippen molar-refractivity contribution in [3.05, 3.63) is 46.5 Å². The van der Waals surface area contributed by atoms with Crippen LogP contribution >= 0.6 is 11.3 Å².